The van der Waals surface area contributed by atoms with Crippen LogP contribution in [-0.2, 0) is 16.2 Å². The van der Waals surface area contributed by atoms with Crippen molar-refractivity contribution in [2.45, 2.75) is 19.4 Å². The molecular formula is C24H19BrCl3N3O3. The Kier molecular flexibility index (Phi) is 9.77. The first-order chi connectivity index (χ1) is 16.3. The smallest absolute Gasteiger partial charge is 0.240 e. The fourth-order valence-electron chi connectivity index (χ4n) is 2.76. The number of hydrazone groups is 1. The zero-order valence-electron chi connectivity index (χ0n) is 17.7. The van der Waals surface area contributed by atoms with E-state index >= 15 is 0 Å². The molecule has 3 aromatic rings. The number of nitrogens with one attached hydrogen (secondary N) is 2. The second kappa shape index (κ2) is 12.8. The Hall–Kier alpha value is -2.58. The van der Waals surface area contributed by atoms with Gasteiger partial charge in [0.2, 0.25) is 11.8 Å². The number of anilines is 1. The predicted octanol–water partition coefficient (Wildman–Crippen LogP) is 6.86. The van der Waals surface area contributed by atoms with Crippen LogP contribution in [-0.4, -0.2) is 18.0 Å². The SMILES string of the molecule is O=C(CCC(=O)Nc1cccc(Cl)c1)NN=Cc1ccc(OCc2ccc(Cl)cc2Cl)c(Br)c1. The molecule has 0 aliphatic rings. The van der Waals surface area contributed by atoms with Gasteiger partial charge in [0.25, 0.3) is 0 Å². The molecule has 176 valence electrons. The van der Waals surface area contributed by atoms with E-state index < -0.39 is 0 Å². The summed E-state index contributed by atoms with van der Waals surface area (Å²) in [4.78, 5) is 23.9. The first kappa shape index (κ1) is 26.0. The van der Waals surface area contributed by atoms with Gasteiger partial charge in [-0.3, -0.25) is 9.59 Å². The topological polar surface area (TPSA) is 79.8 Å². The molecule has 0 saturated heterocycles. The molecule has 0 bridgehead atoms. The highest BCUT2D eigenvalue weighted by Crippen LogP contribution is 2.28. The lowest BCUT2D eigenvalue weighted by Crippen LogP contribution is -2.20. The molecule has 0 unspecified atom stereocenters. The zero-order valence-corrected chi connectivity index (χ0v) is 21.5. The summed E-state index contributed by atoms with van der Waals surface area (Å²) in [5.41, 5.74) is 4.53. The lowest BCUT2D eigenvalue weighted by Gasteiger charge is -2.10. The van der Waals surface area contributed by atoms with Gasteiger partial charge in [-0.25, -0.2) is 5.43 Å². The Labute approximate surface area is 220 Å². The molecule has 0 aromatic heterocycles. The van der Waals surface area contributed by atoms with Gasteiger partial charge in [-0.15, -0.1) is 0 Å². The number of hydrogen-bond donors (Lipinski definition) is 2. The average Bonchev–Trinajstić information content (AvgIpc) is 2.78. The van der Waals surface area contributed by atoms with Gasteiger partial charge in [0, 0.05) is 39.2 Å². The van der Waals surface area contributed by atoms with E-state index in [9.17, 15) is 9.59 Å². The highest BCUT2D eigenvalue weighted by Gasteiger charge is 2.08. The van der Waals surface area contributed by atoms with Gasteiger partial charge in [-0.05, 0) is 70.0 Å². The number of halogens is 4. The number of hydrogen-bond acceptors (Lipinski definition) is 4. The summed E-state index contributed by atoms with van der Waals surface area (Å²) in [7, 11) is 0. The van der Waals surface area contributed by atoms with Crippen molar-refractivity contribution < 1.29 is 14.3 Å². The van der Waals surface area contributed by atoms with Gasteiger partial charge in [-0.2, -0.15) is 5.10 Å². The molecule has 0 spiro atoms. The van der Waals surface area contributed by atoms with Crippen LogP contribution in [0.25, 0.3) is 0 Å². The average molecular weight is 584 g/mol. The quantitative estimate of drug-likeness (QED) is 0.213. The third-order valence-corrected chi connectivity index (χ3v) is 5.89. The molecule has 0 fully saturated rings. The highest BCUT2D eigenvalue weighted by molar-refractivity contribution is 9.10. The van der Waals surface area contributed by atoms with Crippen LogP contribution >= 0.6 is 50.7 Å². The monoisotopic (exact) mass is 581 g/mol. The maximum atomic E-state index is 12.0. The largest absolute Gasteiger partial charge is 0.488 e. The van der Waals surface area contributed by atoms with Crippen LogP contribution in [0.2, 0.25) is 15.1 Å². The molecule has 0 aliphatic carbocycles. The first-order valence-electron chi connectivity index (χ1n) is 10.0. The second-order valence-electron chi connectivity index (χ2n) is 7.07. The van der Waals surface area contributed by atoms with Gasteiger partial charge in [0.15, 0.2) is 0 Å². The van der Waals surface area contributed by atoms with Crippen molar-refractivity contribution in [1.29, 1.82) is 0 Å². The number of ether oxygens (including phenoxy) is 1. The van der Waals surface area contributed by atoms with E-state index in [1.807, 2.05) is 6.07 Å². The van der Waals surface area contributed by atoms with Crippen molar-refractivity contribution in [3.8, 4) is 5.75 Å². The van der Waals surface area contributed by atoms with E-state index in [0.717, 1.165) is 11.1 Å². The normalized spacial score (nSPS) is 10.8. The molecule has 10 heteroatoms. The maximum absolute atomic E-state index is 12.0. The summed E-state index contributed by atoms with van der Waals surface area (Å²) in [6, 6.07) is 17.4. The van der Waals surface area contributed by atoms with Crippen LogP contribution in [0.4, 0.5) is 5.69 Å². The lowest BCUT2D eigenvalue weighted by atomic mass is 10.2. The summed E-state index contributed by atoms with van der Waals surface area (Å²) >= 11 is 21.4. The molecule has 34 heavy (non-hydrogen) atoms. The van der Waals surface area contributed by atoms with E-state index in [1.165, 1.54) is 6.21 Å². The summed E-state index contributed by atoms with van der Waals surface area (Å²) in [5.74, 6) is -0.0462. The van der Waals surface area contributed by atoms with Gasteiger partial charge < -0.3 is 10.1 Å². The van der Waals surface area contributed by atoms with Crippen LogP contribution in [0.3, 0.4) is 0 Å². The van der Waals surface area contributed by atoms with Crippen LogP contribution in [0.15, 0.2) is 70.2 Å². The fraction of sp³-hybridized carbons (Fsp3) is 0.125. The highest BCUT2D eigenvalue weighted by atomic mass is 79.9. The third-order valence-electron chi connectivity index (χ3n) is 4.44. The molecule has 3 aromatic carbocycles. The molecule has 0 aliphatic heterocycles. The van der Waals surface area contributed by atoms with Crippen LogP contribution in [0, 0.1) is 0 Å². The Bertz CT molecular complexity index is 1220. The van der Waals surface area contributed by atoms with E-state index in [4.69, 9.17) is 39.5 Å². The van der Waals surface area contributed by atoms with Crippen molar-refractivity contribution in [3.63, 3.8) is 0 Å². The molecule has 2 N–H and O–H groups in total. The Morgan fingerprint density at radius 3 is 2.44 bits per heavy atom. The first-order valence-corrected chi connectivity index (χ1v) is 12.0. The van der Waals surface area contributed by atoms with E-state index in [2.05, 4.69) is 31.8 Å². The molecule has 6 nitrogen and oxygen atoms in total. The fourth-order valence-corrected chi connectivity index (χ4v) is 3.92. The summed E-state index contributed by atoms with van der Waals surface area (Å²) in [5, 5.41) is 8.23. The summed E-state index contributed by atoms with van der Waals surface area (Å²) < 4.78 is 6.52. The number of rotatable bonds is 9. The van der Waals surface area contributed by atoms with E-state index in [0.29, 0.717) is 31.0 Å². The van der Waals surface area contributed by atoms with Crippen molar-refractivity contribution in [2.24, 2.45) is 5.10 Å². The van der Waals surface area contributed by atoms with Crippen LogP contribution in [0.5, 0.6) is 5.75 Å². The van der Waals surface area contributed by atoms with Crippen molar-refractivity contribution in [2.75, 3.05) is 5.32 Å². The van der Waals surface area contributed by atoms with Gasteiger partial charge in [-0.1, -0.05) is 46.9 Å². The number of amides is 2. The summed E-state index contributed by atoms with van der Waals surface area (Å²) in [6.07, 6.45) is 1.51. The van der Waals surface area contributed by atoms with Crippen LogP contribution < -0.4 is 15.5 Å². The number of nitrogens with zero attached hydrogens (tertiary/aromatic N) is 1. The molecule has 0 heterocycles. The van der Waals surface area contributed by atoms with Crippen molar-refractivity contribution in [3.05, 3.63) is 91.3 Å². The number of benzene rings is 3. The van der Waals surface area contributed by atoms with Gasteiger partial charge in [0.1, 0.15) is 12.4 Å². The molecule has 0 atom stereocenters. The Morgan fingerprint density at radius 2 is 1.71 bits per heavy atom. The molecular weight excluding hydrogens is 565 g/mol. The molecule has 0 saturated carbocycles. The van der Waals surface area contributed by atoms with Crippen molar-refractivity contribution >= 4 is 74.4 Å². The van der Waals surface area contributed by atoms with Gasteiger partial charge >= 0.3 is 0 Å². The zero-order chi connectivity index (χ0) is 24.5. The van der Waals surface area contributed by atoms with E-state index in [-0.39, 0.29) is 31.3 Å². The number of carbonyl (C=O) groups is 2. The minimum atomic E-state index is -0.378. The second-order valence-corrected chi connectivity index (χ2v) is 9.20. The Balaban J connectivity index is 1.44. The maximum Gasteiger partial charge on any atom is 0.240 e. The minimum Gasteiger partial charge on any atom is -0.488 e. The summed E-state index contributed by atoms with van der Waals surface area (Å²) in [6.45, 7) is 0.281. The van der Waals surface area contributed by atoms with Crippen LogP contribution in [0.1, 0.15) is 24.0 Å². The van der Waals surface area contributed by atoms with E-state index in [1.54, 1.807) is 54.6 Å². The lowest BCUT2D eigenvalue weighted by molar-refractivity contribution is -0.124. The minimum absolute atomic E-state index is 0.00648. The molecule has 3 rings (SSSR count). The van der Waals surface area contributed by atoms with Gasteiger partial charge in [0.05, 0.1) is 10.7 Å². The molecule has 0 radical (unpaired) electrons. The predicted molar refractivity (Wildman–Crippen MR) is 140 cm³/mol. The Morgan fingerprint density at radius 1 is 0.941 bits per heavy atom. The third kappa shape index (κ3) is 8.33. The van der Waals surface area contributed by atoms with Crippen molar-refractivity contribution in [1.82, 2.24) is 5.43 Å². The number of carbonyl (C=O) groups excluding carboxylic acids is 2. The molecule has 2 amide bonds. The standard InChI is InChI=1S/C24H19BrCl3N3O3/c25-20-10-15(4-7-22(20)34-14-16-5-6-18(27)12-21(16)28)13-29-31-24(33)9-8-23(32)30-19-3-1-2-17(26)11-19/h1-7,10-13H,8-9,14H2,(H,30,32)(H,31,33).